The van der Waals surface area contributed by atoms with Crippen LogP contribution in [-0.4, -0.2) is 32.3 Å². The Morgan fingerprint density at radius 2 is 2.32 bits per heavy atom. The second kappa shape index (κ2) is 4.80. The fourth-order valence-electron chi connectivity index (χ4n) is 3.29. The zero-order valence-electron chi connectivity index (χ0n) is 12.0. The number of ether oxygens (including phenoxy) is 1. The predicted octanol–water partition coefficient (Wildman–Crippen LogP) is 2.11. The number of hydrogen-bond acceptors (Lipinski definition) is 3. The molecule has 2 heterocycles. The second-order valence-electron chi connectivity index (χ2n) is 6.43. The second-order valence-corrected chi connectivity index (χ2v) is 6.43. The minimum atomic E-state index is 0.0828. The lowest BCUT2D eigenvalue weighted by molar-refractivity contribution is 0.161. The summed E-state index contributed by atoms with van der Waals surface area (Å²) in [5.74, 6) is 0. The molecule has 0 spiro atoms. The van der Waals surface area contributed by atoms with Crippen molar-refractivity contribution in [1.82, 2.24) is 0 Å². The average molecular weight is 260 g/mol. The van der Waals surface area contributed by atoms with Crippen molar-refractivity contribution >= 4 is 5.69 Å². The first-order valence-corrected chi connectivity index (χ1v) is 7.26. The molecule has 3 nitrogen and oxygen atoms in total. The SMILES string of the molecule is Cc1ccc2c(c1)CCCN2CC1(C)COCC1N. The molecule has 3 rings (SSSR count). The van der Waals surface area contributed by atoms with E-state index in [-0.39, 0.29) is 11.5 Å². The first-order valence-electron chi connectivity index (χ1n) is 7.26. The zero-order valence-corrected chi connectivity index (χ0v) is 12.0. The van der Waals surface area contributed by atoms with Crippen LogP contribution in [0.15, 0.2) is 18.2 Å². The maximum absolute atomic E-state index is 6.22. The van der Waals surface area contributed by atoms with E-state index >= 15 is 0 Å². The fraction of sp³-hybridized carbons (Fsp3) is 0.625. The summed E-state index contributed by atoms with van der Waals surface area (Å²) in [6.45, 7) is 8.05. The van der Waals surface area contributed by atoms with E-state index in [0.717, 1.165) is 19.7 Å². The van der Waals surface area contributed by atoms with Gasteiger partial charge in [-0.3, -0.25) is 0 Å². The van der Waals surface area contributed by atoms with Gasteiger partial charge in [-0.25, -0.2) is 0 Å². The Kier molecular flexibility index (Phi) is 3.27. The van der Waals surface area contributed by atoms with Crippen molar-refractivity contribution in [3.63, 3.8) is 0 Å². The molecular weight excluding hydrogens is 236 g/mol. The molecule has 0 amide bonds. The standard InChI is InChI=1S/C16H24N2O/c1-12-5-6-14-13(8-12)4-3-7-18(14)10-16(2)11-19-9-15(16)17/h5-6,8,15H,3-4,7,9-11,17H2,1-2H3. The summed E-state index contributed by atoms with van der Waals surface area (Å²) in [6, 6.07) is 6.97. The molecule has 1 saturated heterocycles. The fourth-order valence-corrected chi connectivity index (χ4v) is 3.29. The highest BCUT2D eigenvalue weighted by Gasteiger charge is 2.39. The molecule has 2 aliphatic rings. The van der Waals surface area contributed by atoms with Crippen LogP contribution in [0.5, 0.6) is 0 Å². The van der Waals surface area contributed by atoms with Crippen LogP contribution in [0.2, 0.25) is 0 Å². The number of aryl methyl sites for hydroxylation is 2. The van der Waals surface area contributed by atoms with Crippen LogP contribution in [0.1, 0.15) is 24.5 Å². The van der Waals surface area contributed by atoms with E-state index in [1.165, 1.54) is 29.7 Å². The maximum atomic E-state index is 6.22. The van der Waals surface area contributed by atoms with Gasteiger partial charge < -0.3 is 15.4 Å². The van der Waals surface area contributed by atoms with Crippen LogP contribution in [0, 0.1) is 12.3 Å². The van der Waals surface area contributed by atoms with Crippen molar-refractivity contribution < 1.29 is 4.74 Å². The van der Waals surface area contributed by atoms with E-state index in [2.05, 4.69) is 36.9 Å². The minimum Gasteiger partial charge on any atom is -0.379 e. The number of rotatable bonds is 2. The van der Waals surface area contributed by atoms with E-state index in [1.807, 2.05) is 0 Å². The normalized spacial score (nSPS) is 30.5. The molecule has 1 fully saturated rings. The van der Waals surface area contributed by atoms with Crippen molar-refractivity contribution in [2.45, 2.75) is 32.7 Å². The molecule has 0 bridgehead atoms. The van der Waals surface area contributed by atoms with E-state index < -0.39 is 0 Å². The number of hydrogen-bond donors (Lipinski definition) is 1. The third kappa shape index (κ3) is 2.37. The van der Waals surface area contributed by atoms with Crippen molar-refractivity contribution in [2.24, 2.45) is 11.1 Å². The number of anilines is 1. The van der Waals surface area contributed by atoms with Gasteiger partial charge in [-0.15, -0.1) is 0 Å². The summed E-state index contributed by atoms with van der Waals surface area (Å²) in [5.41, 5.74) is 10.5. The molecule has 104 valence electrons. The molecule has 0 aliphatic carbocycles. The number of nitrogens with two attached hydrogens (primary N) is 1. The molecule has 0 saturated carbocycles. The molecule has 2 atom stereocenters. The summed E-state index contributed by atoms with van der Waals surface area (Å²) in [7, 11) is 0. The quantitative estimate of drug-likeness (QED) is 0.885. The predicted molar refractivity (Wildman–Crippen MR) is 78.6 cm³/mol. The lowest BCUT2D eigenvalue weighted by atomic mass is 9.84. The number of fused-ring (bicyclic) bond motifs is 1. The van der Waals surface area contributed by atoms with Gasteiger partial charge in [0.05, 0.1) is 13.2 Å². The lowest BCUT2D eigenvalue weighted by Crippen LogP contribution is -2.48. The van der Waals surface area contributed by atoms with E-state index in [4.69, 9.17) is 10.5 Å². The molecule has 0 radical (unpaired) electrons. The first-order chi connectivity index (χ1) is 9.08. The van der Waals surface area contributed by atoms with Crippen LogP contribution in [0.4, 0.5) is 5.69 Å². The van der Waals surface area contributed by atoms with Crippen LogP contribution in [0.3, 0.4) is 0 Å². The summed E-state index contributed by atoms with van der Waals surface area (Å²) in [4.78, 5) is 2.51. The number of benzene rings is 1. The van der Waals surface area contributed by atoms with Crippen molar-refractivity contribution in [3.8, 4) is 0 Å². The van der Waals surface area contributed by atoms with Gasteiger partial charge in [-0.1, -0.05) is 24.6 Å². The Labute approximate surface area is 115 Å². The Balaban J connectivity index is 1.84. The van der Waals surface area contributed by atoms with Gasteiger partial charge in [-0.05, 0) is 31.4 Å². The topological polar surface area (TPSA) is 38.5 Å². The van der Waals surface area contributed by atoms with Crippen molar-refractivity contribution in [1.29, 1.82) is 0 Å². The summed E-state index contributed by atoms with van der Waals surface area (Å²) >= 11 is 0. The van der Waals surface area contributed by atoms with Crippen LogP contribution in [0.25, 0.3) is 0 Å². The van der Waals surface area contributed by atoms with Crippen LogP contribution >= 0.6 is 0 Å². The average Bonchev–Trinajstić information content (AvgIpc) is 2.69. The Hall–Kier alpha value is -1.06. The minimum absolute atomic E-state index is 0.0828. The number of nitrogens with zero attached hydrogens (tertiary/aromatic N) is 1. The molecule has 3 heteroatoms. The van der Waals surface area contributed by atoms with Crippen molar-refractivity contribution in [2.75, 3.05) is 31.2 Å². The summed E-state index contributed by atoms with van der Waals surface area (Å²) in [6.07, 6.45) is 2.44. The Bertz CT molecular complexity index is 474. The van der Waals surface area contributed by atoms with E-state index in [1.54, 1.807) is 0 Å². The van der Waals surface area contributed by atoms with Gasteiger partial charge in [0.15, 0.2) is 0 Å². The van der Waals surface area contributed by atoms with Crippen molar-refractivity contribution in [3.05, 3.63) is 29.3 Å². The summed E-state index contributed by atoms with van der Waals surface area (Å²) < 4.78 is 5.57. The van der Waals surface area contributed by atoms with Crippen LogP contribution < -0.4 is 10.6 Å². The highest BCUT2D eigenvalue weighted by atomic mass is 16.5. The van der Waals surface area contributed by atoms with Gasteiger partial charge in [0.1, 0.15) is 0 Å². The van der Waals surface area contributed by atoms with Gasteiger partial charge in [0.2, 0.25) is 0 Å². The van der Waals surface area contributed by atoms with Gasteiger partial charge in [0.25, 0.3) is 0 Å². The van der Waals surface area contributed by atoms with Crippen LogP contribution in [-0.2, 0) is 11.2 Å². The monoisotopic (exact) mass is 260 g/mol. The molecule has 1 aromatic rings. The molecular formula is C16H24N2O. The highest BCUT2D eigenvalue weighted by Crippen LogP contribution is 2.34. The largest absolute Gasteiger partial charge is 0.379 e. The van der Waals surface area contributed by atoms with E-state index in [9.17, 15) is 0 Å². The summed E-state index contributed by atoms with van der Waals surface area (Å²) in [5, 5.41) is 0. The van der Waals surface area contributed by atoms with Gasteiger partial charge in [0, 0.05) is 30.2 Å². The van der Waals surface area contributed by atoms with Gasteiger partial charge >= 0.3 is 0 Å². The lowest BCUT2D eigenvalue weighted by Gasteiger charge is -2.38. The molecule has 2 unspecified atom stereocenters. The molecule has 0 aromatic heterocycles. The molecule has 2 N–H and O–H groups in total. The maximum Gasteiger partial charge on any atom is 0.0624 e. The van der Waals surface area contributed by atoms with Gasteiger partial charge in [-0.2, -0.15) is 0 Å². The molecule has 19 heavy (non-hydrogen) atoms. The Morgan fingerprint density at radius 1 is 1.47 bits per heavy atom. The smallest absolute Gasteiger partial charge is 0.0624 e. The molecule has 1 aromatic carbocycles. The highest BCUT2D eigenvalue weighted by molar-refractivity contribution is 5.57. The third-order valence-corrected chi connectivity index (χ3v) is 4.63. The first kappa shape index (κ1) is 12.9. The van der Waals surface area contributed by atoms with E-state index in [0.29, 0.717) is 6.61 Å². The third-order valence-electron chi connectivity index (χ3n) is 4.63. The molecule has 2 aliphatic heterocycles. The zero-order chi connectivity index (χ0) is 13.5. The Morgan fingerprint density at radius 3 is 3.05 bits per heavy atom.